The van der Waals surface area contributed by atoms with E-state index in [9.17, 15) is 0 Å². The van der Waals surface area contributed by atoms with Gasteiger partial charge in [0.25, 0.3) is 0 Å². The molecule has 20 heavy (non-hydrogen) atoms. The molecule has 0 amide bonds. The van der Waals surface area contributed by atoms with Crippen LogP contribution in [-0.2, 0) is 6.61 Å². The Morgan fingerprint density at radius 3 is 2.70 bits per heavy atom. The molecule has 0 N–H and O–H groups in total. The van der Waals surface area contributed by atoms with Crippen molar-refractivity contribution >= 4 is 11.6 Å². The fourth-order valence-electron chi connectivity index (χ4n) is 1.79. The molecule has 0 fully saturated rings. The first-order valence-electron chi connectivity index (χ1n) is 6.15. The van der Waals surface area contributed by atoms with Crippen LogP contribution in [0.2, 0.25) is 5.02 Å². The van der Waals surface area contributed by atoms with Crippen molar-refractivity contribution < 1.29 is 4.74 Å². The van der Waals surface area contributed by atoms with Crippen molar-refractivity contribution in [2.24, 2.45) is 0 Å². The van der Waals surface area contributed by atoms with E-state index in [0.717, 1.165) is 11.3 Å². The van der Waals surface area contributed by atoms with E-state index >= 15 is 0 Å². The van der Waals surface area contributed by atoms with E-state index in [-0.39, 0.29) is 0 Å². The van der Waals surface area contributed by atoms with E-state index in [0.29, 0.717) is 17.6 Å². The van der Waals surface area contributed by atoms with Gasteiger partial charge >= 0.3 is 6.01 Å². The number of rotatable bonds is 4. The Kier molecular flexibility index (Phi) is 3.65. The number of halogens is 1. The second-order valence-corrected chi connectivity index (χ2v) is 4.66. The Morgan fingerprint density at radius 1 is 1.05 bits per heavy atom. The van der Waals surface area contributed by atoms with Gasteiger partial charge in [-0.15, -0.1) is 5.10 Å². The summed E-state index contributed by atoms with van der Waals surface area (Å²) < 4.78 is 7.22. The Hall–Kier alpha value is -2.33. The van der Waals surface area contributed by atoms with Gasteiger partial charge in [-0.05, 0) is 29.8 Å². The summed E-state index contributed by atoms with van der Waals surface area (Å²) in [6.45, 7) is 0.388. The van der Waals surface area contributed by atoms with Crippen molar-refractivity contribution in [2.75, 3.05) is 0 Å². The SMILES string of the molecule is Clc1cccc(COc2ncn(-c3ccccc3)n2)c1. The van der Waals surface area contributed by atoms with Crippen molar-refractivity contribution in [2.45, 2.75) is 6.61 Å². The van der Waals surface area contributed by atoms with Gasteiger partial charge < -0.3 is 4.74 Å². The largest absolute Gasteiger partial charge is 0.458 e. The van der Waals surface area contributed by atoms with Crippen molar-refractivity contribution in [1.82, 2.24) is 14.8 Å². The maximum atomic E-state index is 5.92. The molecule has 5 heteroatoms. The maximum absolute atomic E-state index is 5.92. The Morgan fingerprint density at radius 2 is 1.90 bits per heavy atom. The first-order valence-corrected chi connectivity index (χ1v) is 6.53. The minimum atomic E-state index is 0.342. The zero-order valence-electron chi connectivity index (χ0n) is 10.6. The van der Waals surface area contributed by atoms with Gasteiger partial charge in [-0.3, -0.25) is 0 Å². The van der Waals surface area contributed by atoms with Crippen LogP contribution in [0.25, 0.3) is 5.69 Å². The lowest BCUT2D eigenvalue weighted by Crippen LogP contribution is -1.98. The normalized spacial score (nSPS) is 10.4. The summed E-state index contributed by atoms with van der Waals surface area (Å²) in [5, 5.41) is 4.96. The summed E-state index contributed by atoms with van der Waals surface area (Å²) in [6, 6.07) is 17.6. The maximum Gasteiger partial charge on any atom is 0.336 e. The van der Waals surface area contributed by atoms with Crippen LogP contribution in [0.15, 0.2) is 60.9 Å². The van der Waals surface area contributed by atoms with Gasteiger partial charge in [0.2, 0.25) is 0 Å². The van der Waals surface area contributed by atoms with E-state index in [2.05, 4.69) is 10.1 Å². The zero-order valence-corrected chi connectivity index (χ0v) is 11.4. The monoisotopic (exact) mass is 285 g/mol. The number of hydrogen-bond acceptors (Lipinski definition) is 3. The molecule has 0 unspecified atom stereocenters. The third kappa shape index (κ3) is 2.97. The Labute approximate surface area is 121 Å². The summed E-state index contributed by atoms with van der Waals surface area (Å²) in [4.78, 5) is 4.13. The van der Waals surface area contributed by atoms with E-state index in [1.807, 2.05) is 54.6 Å². The summed E-state index contributed by atoms with van der Waals surface area (Å²) in [6.07, 6.45) is 1.63. The van der Waals surface area contributed by atoms with Crippen LogP contribution in [0, 0.1) is 0 Å². The molecule has 1 heterocycles. The fourth-order valence-corrected chi connectivity index (χ4v) is 2.01. The number of nitrogens with zero attached hydrogens (tertiary/aromatic N) is 3. The third-order valence-corrected chi connectivity index (χ3v) is 2.98. The molecule has 0 radical (unpaired) electrons. The van der Waals surface area contributed by atoms with E-state index < -0.39 is 0 Å². The molecule has 4 nitrogen and oxygen atoms in total. The Bertz CT molecular complexity index is 697. The molecule has 0 aliphatic heterocycles. The number of aromatic nitrogens is 3. The molecule has 2 aromatic carbocycles. The minimum Gasteiger partial charge on any atom is -0.458 e. The first kappa shape index (κ1) is 12.7. The van der Waals surface area contributed by atoms with Gasteiger partial charge in [0.05, 0.1) is 5.69 Å². The average molecular weight is 286 g/mol. The average Bonchev–Trinajstić information content (AvgIpc) is 2.95. The van der Waals surface area contributed by atoms with Crippen LogP contribution in [0.3, 0.4) is 0 Å². The van der Waals surface area contributed by atoms with Crippen LogP contribution in [-0.4, -0.2) is 14.8 Å². The Balaban J connectivity index is 1.69. The lowest BCUT2D eigenvalue weighted by Gasteiger charge is -2.02. The van der Waals surface area contributed by atoms with Crippen molar-refractivity contribution in [3.05, 3.63) is 71.5 Å². The van der Waals surface area contributed by atoms with Crippen LogP contribution in [0.4, 0.5) is 0 Å². The van der Waals surface area contributed by atoms with Crippen molar-refractivity contribution in [3.8, 4) is 11.7 Å². The summed E-state index contributed by atoms with van der Waals surface area (Å²) in [5.74, 6) is 0. The molecule has 3 aromatic rings. The van der Waals surface area contributed by atoms with Crippen molar-refractivity contribution in [3.63, 3.8) is 0 Å². The van der Waals surface area contributed by atoms with Gasteiger partial charge in [0.15, 0.2) is 0 Å². The highest BCUT2D eigenvalue weighted by Crippen LogP contribution is 2.13. The van der Waals surface area contributed by atoms with E-state index in [4.69, 9.17) is 16.3 Å². The van der Waals surface area contributed by atoms with Crippen molar-refractivity contribution in [1.29, 1.82) is 0 Å². The smallest absolute Gasteiger partial charge is 0.336 e. The second kappa shape index (κ2) is 5.75. The first-order chi connectivity index (χ1) is 9.81. The summed E-state index contributed by atoms with van der Waals surface area (Å²) >= 11 is 5.92. The quantitative estimate of drug-likeness (QED) is 0.736. The zero-order chi connectivity index (χ0) is 13.8. The molecule has 0 aliphatic rings. The minimum absolute atomic E-state index is 0.342. The molecular weight excluding hydrogens is 274 g/mol. The van der Waals surface area contributed by atoms with Gasteiger partial charge in [-0.1, -0.05) is 41.9 Å². The van der Waals surface area contributed by atoms with Crippen LogP contribution < -0.4 is 4.74 Å². The molecule has 0 saturated heterocycles. The molecule has 0 atom stereocenters. The van der Waals surface area contributed by atoms with Gasteiger partial charge in [0.1, 0.15) is 12.9 Å². The predicted molar refractivity (Wildman–Crippen MR) is 77.1 cm³/mol. The number of benzene rings is 2. The highest BCUT2D eigenvalue weighted by Gasteiger charge is 2.04. The van der Waals surface area contributed by atoms with Gasteiger partial charge in [0, 0.05) is 5.02 Å². The summed E-state index contributed by atoms with van der Waals surface area (Å²) in [5.41, 5.74) is 1.92. The van der Waals surface area contributed by atoms with E-state index in [1.54, 1.807) is 11.0 Å². The molecule has 100 valence electrons. The second-order valence-electron chi connectivity index (χ2n) is 4.23. The predicted octanol–water partition coefficient (Wildman–Crippen LogP) is 3.50. The lowest BCUT2D eigenvalue weighted by atomic mass is 10.2. The fraction of sp³-hybridized carbons (Fsp3) is 0.0667. The third-order valence-electron chi connectivity index (χ3n) is 2.75. The molecule has 3 rings (SSSR count). The van der Waals surface area contributed by atoms with Crippen LogP contribution in [0.5, 0.6) is 6.01 Å². The summed E-state index contributed by atoms with van der Waals surface area (Å²) in [7, 11) is 0. The van der Waals surface area contributed by atoms with Crippen LogP contribution >= 0.6 is 11.6 Å². The van der Waals surface area contributed by atoms with E-state index in [1.165, 1.54) is 0 Å². The lowest BCUT2D eigenvalue weighted by molar-refractivity contribution is 0.281. The molecule has 1 aromatic heterocycles. The van der Waals surface area contributed by atoms with Crippen LogP contribution in [0.1, 0.15) is 5.56 Å². The standard InChI is InChI=1S/C15H12ClN3O/c16-13-6-4-5-12(9-13)10-20-15-17-11-19(18-15)14-7-2-1-3-8-14/h1-9,11H,10H2. The van der Waals surface area contributed by atoms with Gasteiger partial charge in [-0.2, -0.15) is 4.98 Å². The molecule has 0 saturated carbocycles. The highest BCUT2D eigenvalue weighted by atomic mass is 35.5. The number of ether oxygens (including phenoxy) is 1. The van der Waals surface area contributed by atoms with Gasteiger partial charge in [-0.25, -0.2) is 4.68 Å². The number of para-hydroxylation sites is 1. The molecule has 0 spiro atoms. The molecular formula is C15H12ClN3O. The highest BCUT2D eigenvalue weighted by molar-refractivity contribution is 6.30. The number of hydrogen-bond donors (Lipinski definition) is 0. The topological polar surface area (TPSA) is 39.9 Å². The molecule has 0 bridgehead atoms. The molecule has 0 aliphatic carbocycles.